The average molecular weight is 253 g/mol. The molecule has 106 valence electrons. The first-order valence-corrected chi connectivity index (χ1v) is 8.08. The molecule has 1 aliphatic heterocycles. The molecular formula is C16H31NO. The van der Waals surface area contributed by atoms with Gasteiger partial charge in [-0.2, -0.15) is 0 Å². The molecule has 1 N–H and O–H groups in total. The predicted molar refractivity (Wildman–Crippen MR) is 76.7 cm³/mol. The molecule has 0 aromatic rings. The summed E-state index contributed by atoms with van der Waals surface area (Å²) in [5.74, 6) is 2.58. The van der Waals surface area contributed by atoms with Gasteiger partial charge < -0.3 is 10.1 Å². The Morgan fingerprint density at radius 3 is 2.44 bits per heavy atom. The van der Waals surface area contributed by atoms with Crippen molar-refractivity contribution < 1.29 is 4.74 Å². The molecule has 2 fully saturated rings. The maximum absolute atomic E-state index is 5.84. The minimum atomic E-state index is 0.566. The van der Waals surface area contributed by atoms with E-state index in [2.05, 4.69) is 19.2 Å². The number of ether oxygens (including phenoxy) is 1. The molecule has 0 aromatic heterocycles. The molecule has 1 aliphatic carbocycles. The smallest absolute Gasteiger partial charge is 0.0579 e. The van der Waals surface area contributed by atoms with Crippen LogP contribution in [0.3, 0.4) is 0 Å². The zero-order chi connectivity index (χ0) is 12.8. The highest BCUT2D eigenvalue weighted by molar-refractivity contribution is 4.81. The normalized spacial score (nSPS) is 27.2. The van der Waals surface area contributed by atoms with Gasteiger partial charge >= 0.3 is 0 Å². The Bertz CT molecular complexity index is 217. The van der Waals surface area contributed by atoms with Crippen molar-refractivity contribution in [3.63, 3.8) is 0 Å². The van der Waals surface area contributed by atoms with Crippen molar-refractivity contribution >= 4 is 0 Å². The minimum Gasteiger partial charge on any atom is -0.378 e. The van der Waals surface area contributed by atoms with E-state index in [1.807, 2.05) is 0 Å². The first-order valence-electron chi connectivity index (χ1n) is 8.08. The Labute approximate surface area is 113 Å². The zero-order valence-electron chi connectivity index (χ0n) is 12.3. The van der Waals surface area contributed by atoms with Crippen LogP contribution in [0.25, 0.3) is 0 Å². The maximum atomic E-state index is 5.84. The molecule has 2 heteroatoms. The van der Waals surface area contributed by atoms with Crippen LogP contribution in [0.1, 0.15) is 58.8 Å². The number of nitrogens with one attached hydrogen (secondary N) is 1. The molecule has 0 spiro atoms. The van der Waals surface area contributed by atoms with Gasteiger partial charge in [0.05, 0.1) is 6.10 Å². The second-order valence-corrected chi connectivity index (χ2v) is 6.73. The Morgan fingerprint density at radius 2 is 1.83 bits per heavy atom. The Hall–Kier alpha value is -0.0800. The zero-order valence-corrected chi connectivity index (χ0v) is 12.3. The van der Waals surface area contributed by atoms with Gasteiger partial charge in [-0.3, -0.25) is 0 Å². The molecular weight excluding hydrogens is 222 g/mol. The van der Waals surface area contributed by atoms with Crippen LogP contribution in [0.2, 0.25) is 0 Å². The molecule has 2 rings (SSSR count). The monoisotopic (exact) mass is 253 g/mol. The molecule has 0 amide bonds. The summed E-state index contributed by atoms with van der Waals surface area (Å²) in [6.07, 6.45) is 10.3. The molecule has 2 aliphatic rings. The van der Waals surface area contributed by atoms with Crippen LogP contribution in [-0.2, 0) is 4.74 Å². The van der Waals surface area contributed by atoms with Crippen LogP contribution in [0.15, 0.2) is 0 Å². The average Bonchev–Trinajstić information content (AvgIpc) is 3.00. The maximum Gasteiger partial charge on any atom is 0.0579 e. The summed E-state index contributed by atoms with van der Waals surface area (Å²) in [6.45, 7) is 7.95. The number of rotatable bonds is 7. The fourth-order valence-corrected chi connectivity index (χ4v) is 3.60. The minimum absolute atomic E-state index is 0.566. The van der Waals surface area contributed by atoms with E-state index in [0.29, 0.717) is 6.10 Å². The molecule has 0 radical (unpaired) electrons. The summed E-state index contributed by atoms with van der Waals surface area (Å²) in [4.78, 5) is 0. The van der Waals surface area contributed by atoms with Crippen molar-refractivity contribution in [1.82, 2.24) is 5.32 Å². The van der Waals surface area contributed by atoms with E-state index < -0.39 is 0 Å². The lowest BCUT2D eigenvalue weighted by Gasteiger charge is -2.26. The standard InChI is InChI=1S/C16H31NO/c1-13(2)11-17-12-15(14-6-3-4-7-14)10-16-8-5-9-18-16/h13-17H,3-12H2,1-2H3. The fraction of sp³-hybridized carbons (Fsp3) is 1.00. The van der Waals surface area contributed by atoms with Gasteiger partial charge in [-0.05, 0) is 50.1 Å². The van der Waals surface area contributed by atoms with Gasteiger partial charge in [0.15, 0.2) is 0 Å². The Balaban J connectivity index is 1.77. The van der Waals surface area contributed by atoms with Crippen molar-refractivity contribution in [2.45, 2.75) is 64.9 Å². The summed E-state index contributed by atoms with van der Waals surface area (Å²) in [5, 5.41) is 3.68. The summed E-state index contributed by atoms with van der Waals surface area (Å²) in [6, 6.07) is 0. The highest BCUT2D eigenvalue weighted by atomic mass is 16.5. The summed E-state index contributed by atoms with van der Waals surface area (Å²) in [7, 11) is 0. The molecule has 2 nitrogen and oxygen atoms in total. The molecule has 2 unspecified atom stereocenters. The van der Waals surface area contributed by atoms with Crippen LogP contribution >= 0.6 is 0 Å². The largest absolute Gasteiger partial charge is 0.378 e. The van der Waals surface area contributed by atoms with Gasteiger partial charge in [-0.25, -0.2) is 0 Å². The van der Waals surface area contributed by atoms with Crippen molar-refractivity contribution in [2.24, 2.45) is 17.8 Å². The lowest BCUT2D eigenvalue weighted by molar-refractivity contribution is 0.0788. The van der Waals surface area contributed by atoms with Crippen LogP contribution in [0, 0.1) is 17.8 Å². The quantitative estimate of drug-likeness (QED) is 0.748. The highest BCUT2D eigenvalue weighted by Crippen LogP contribution is 2.35. The number of hydrogen-bond acceptors (Lipinski definition) is 2. The molecule has 1 saturated carbocycles. The first-order chi connectivity index (χ1) is 8.75. The highest BCUT2D eigenvalue weighted by Gasteiger charge is 2.28. The van der Waals surface area contributed by atoms with Crippen molar-refractivity contribution in [3.05, 3.63) is 0 Å². The van der Waals surface area contributed by atoms with E-state index in [9.17, 15) is 0 Å². The van der Waals surface area contributed by atoms with E-state index in [0.717, 1.165) is 30.9 Å². The van der Waals surface area contributed by atoms with Crippen molar-refractivity contribution in [1.29, 1.82) is 0 Å². The third-order valence-electron chi connectivity index (χ3n) is 4.62. The van der Waals surface area contributed by atoms with Crippen LogP contribution in [0.4, 0.5) is 0 Å². The summed E-state index contributed by atoms with van der Waals surface area (Å²) >= 11 is 0. The third kappa shape index (κ3) is 4.55. The fourth-order valence-electron chi connectivity index (χ4n) is 3.60. The van der Waals surface area contributed by atoms with Gasteiger partial charge in [0.25, 0.3) is 0 Å². The van der Waals surface area contributed by atoms with Crippen LogP contribution < -0.4 is 5.32 Å². The van der Waals surface area contributed by atoms with E-state index in [1.54, 1.807) is 0 Å². The summed E-state index contributed by atoms with van der Waals surface area (Å²) in [5.41, 5.74) is 0. The van der Waals surface area contributed by atoms with E-state index in [4.69, 9.17) is 4.74 Å². The molecule has 1 heterocycles. The van der Waals surface area contributed by atoms with Gasteiger partial charge in [0.1, 0.15) is 0 Å². The Morgan fingerprint density at radius 1 is 1.06 bits per heavy atom. The lowest BCUT2D eigenvalue weighted by atomic mass is 9.85. The molecule has 0 bridgehead atoms. The van der Waals surface area contributed by atoms with Gasteiger partial charge in [0.2, 0.25) is 0 Å². The molecule has 1 saturated heterocycles. The third-order valence-corrected chi connectivity index (χ3v) is 4.62. The van der Waals surface area contributed by atoms with E-state index in [-0.39, 0.29) is 0 Å². The van der Waals surface area contributed by atoms with Gasteiger partial charge in [-0.15, -0.1) is 0 Å². The van der Waals surface area contributed by atoms with E-state index >= 15 is 0 Å². The Kier molecular flexibility index (Phi) is 5.97. The van der Waals surface area contributed by atoms with Gasteiger partial charge in [0, 0.05) is 6.61 Å². The van der Waals surface area contributed by atoms with Crippen LogP contribution in [-0.4, -0.2) is 25.8 Å². The van der Waals surface area contributed by atoms with Gasteiger partial charge in [-0.1, -0.05) is 39.5 Å². The van der Waals surface area contributed by atoms with Crippen molar-refractivity contribution in [3.8, 4) is 0 Å². The SMILES string of the molecule is CC(C)CNCC(CC1CCCO1)C1CCCC1. The predicted octanol–water partition coefficient (Wildman–Crippen LogP) is 3.61. The van der Waals surface area contributed by atoms with Crippen LogP contribution in [0.5, 0.6) is 0 Å². The number of hydrogen-bond donors (Lipinski definition) is 1. The second-order valence-electron chi connectivity index (χ2n) is 6.73. The summed E-state index contributed by atoms with van der Waals surface area (Å²) < 4.78 is 5.84. The molecule has 0 aromatic carbocycles. The van der Waals surface area contributed by atoms with E-state index in [1.165, 1.54) is 51.5 Å². The second kappa shape index (κ2) is 7.49. The topological polar surface area (TPSA) is 21.3 Å². The first kappa shape index (κ1) is 14.3. The molecule has 2 atom stereocenters. The van der Waals surface area contributed by atoms with Crippen molar-refractivity contribution in [2.75, 3.05) is 19.7 Å². The lowest BCUT2D eigenvalue weighted by Crippen LogP contribution is -2.32. The molecule has 18 heavy (non-hydrogen) atoms.